The number of benzene rings is 1. The van der Waals surface area contributed by atoms with Crippen molar-refractivity contribution >= 4 is 12.2 Å². The number of ether oxygens (including phenoxy) is 1. The molecule has 0 bridgehead atoms. The molecule has 0 amide bonds. The molecule has 0 saturated carbocycles. The molecule has 16 heavy (non-hydrogen) atoms. The molecule has 0 spiro atoms. The number of hydrogen-bond donors (Lipinski definition) is 1. The first-order valence-electron chi connectivity index (χ1n) is 5.15. The summed E-state index contributed by atoms with van der Waals surface area (Å²) in [7, 11) is 1.69. The van der Waals surface area contributed by atoms with Crippen LogP contribution in [0.15, 0.2) is 36.5 Å². The van der Waals surface area contributed by atoms with Gasteiger partial charge in [-0.15, -0.1) is 0 Å². The molecule has 0 fully saturated rings. The average Bonchev–Trinajstić information content (AvgIpc) is 2.69. The van der Waals surface area contributed by atoms with E-state index in [0.717, 1.165) is 22.6 Å². The Hall–Kier alpha value is -1.39. The lowest BCUT2D eigenvalue weighted by atomic mass is 10.2. The van der Waals surface area contributed by atoms with E-state index in [1.165, 1.54) is 0 Å². The molecule has 0 aliphatic carbocycles. The van der Waals surface area contributed by atoms with Gasteiger partial charge in [-0.25, -0.2) is 0 Å². The third-order valence-electron chi connectivity index (χ3n) is 2.46. The van der Waals surface area contributed by atoms with Crippen LogP contribution >= 0.6 is 12.2 Å². The van der Waals surface area contributed by atoms with E-state index in [0.29, 0.717) is 6.61 Å². The normalized spacial score (nSPS) is 10.6. The highest BCUT2D eigenvalue weighted by molar-refractivity contribution is 7.71. The summed E-state index contributed by atoms with van der Waals surface area (Å²) in [5.74, 6) is 0. The fourth-order valence-corrected chi connectivity index (χ4v) is 1.90. The van der Waals surface area contributed by atoms with Gasteiger partial charge in [0.2, 0.25) is 0 Å². The van der Waals surface area contributed by atoms with Gasteiger partial charge in [0, 0.05) is 19.9 Å². The summed E-state index contributed by atoms with van der Waals surface area (Å²) in [6, 6.07) is 10.2. The second-order valence-corrected chi connectivity index (χ2v) is 3.88. The number of nitrogens with zero attached hydrogens (tertiary/aromatic N) is 1. The quantitative estimate of drug-likeness (QED) is 0.824. The number of imidazole rings is 1. The summed E-state index contributed by atoms with van der Waals surface area (Å²) in [6.45, 7) is 1.43. The molecule has 1 aromatic heterocycles. The second-order valence-electron chi connectivity index (χ2n) is 3.49. The molecule has 1 heterocycles. The van der Waals surface area contributed by atoms with Crippen molar-refractivity contribution in [3.63, 3.8) is 0 Å². The van der Waals surface area contributed by atoms with Gasteiger partial charge in [0.25, 0.3) is 0 Å². The fraction of sp³-hybridized carbons (Fsp3) is 0.250. The van der Waals surface area contributed by atoms with Crippen molar-refractivity contribution in [3.05, 3.63) is 41.3 Å². The predicted octanol–water partition coefficient (Wildman–Crippen LogP) is 2.86. The number of H-pyrrole nitrogens is 1. The van der Waals surface area contributed by atoms with Gasteiger partial charge in [-0.1, -0.05) is 30.3 Å². The highest BCUT2D eigenvalue weighted by Crippen LogP contribution is 2.18. The highest BCUT2D eigenvalue weighted by atomic mass is 32.1. The van der Waals surface area contributed by atoms with E-state index < -0.39 is 0 Å². The molecule has 0 atom stereocenters. The molecule has 3 nitrogen and oxygen atoms in total. The minimum Gasteiger partial charge on any atom is -0.383 e. The highest BCUT2D eigenvalue weighted by Gasteiger charge is 2.05. The molecule has 2 aromatic rings. The first kappa shape index (κ1) is 11.1. The van der Waals surface area contributed by atoms with Crippen LogP contribution in [-0.4, -0.2) is 23.3 Å². The van der Waals surface area contributed by atoms with E-state index >= 15 is 0 Å². The fourth-order valence-electron chi connectivity index (χ4n) is 1.65. The van der Waals surface area contributed by atoms with Gasteiger partial charge in [-0.2, -0.15) is 0 Å². The number of methoxy groups -OCH3 is 1. The van der Waals surface area contributed by atoms with E-state index in [1.54, 1.807) is 7.11 Å². The smallest absolute Gasteiger partial charge is 0.177 e. The molecule has 84 valence electrons. The molecule has 1 N–H and O–H groups in total. The van der Waals surface area contributed by atoms with Crippen LogP contribution in [0.3, 0.4) is 0 Å². The third-order valence-corrected chi connectivity index (χ3v) is 2.80. The Morgan fingerprint density at radius 2 is 2.06 bits per heavy atom. The number of rotatable bonds is 4. The van der Waals surface area contributed by atoms with Crippen LogP contribution in [0, 0.1) is 4.77 Å². The Bertz CT molecular complexity index is 501. The zero-order valence-electron chi connectivity index (χ0n) is 9.14. The van der Waals surface area contributed by atoms with Crippen LogP contribution < -0.4 is 0 Å². The van der Waals surface area contributed by atoms with Crippen molar-refractivity contribution in [2.45, 2.75) is 6.54 Å². The monoisotopic (exact) mass is 234 g/mol. The van der Waals surface area contributed by atoms with Gasteiger partial charge in [0.1, 0.15) is 0 Å². The second kappa shape index (κ2) is 5.09. The molecule has 0 radical (unpaired) electrons. The molecule has 2 rings (SSSR count). The van der Waals surface area contributed by atoms with E-state index in [2.05, 4.69) is 17.1 Å². The van der Waals surface area contributed by atoms with Gasteiger partial charge < -0.3 is 14.3 Å². The standard InChI is InChI=1S/C12H14N2OS/c1-15-8-7-14-11(9-13-12(14)16)10-5-3-2-4-6-10/h2-6,9H,7-8H2,1H3,(H,13,16). The topological polar surface area (TPSA) is 29.9 Å². The number of nitrogens with one attached hydrogen (secondary N) is 1. The predicted molar refractivity (Wildman–Crippen MR) is 66.9 cm³/mol. The summed E-state index contributed by atoms with van der Waals surface area (Å²) in [6.07, 6.45) is 1.94. The molecule has 4 heteroatoms. The summed E-state index contributed by atoms with van der Waals surface area (Å²) in [5, 5.41) is 0. The summed E-state index contributed by atoms with van der Waals surface area (Å²) >= 11 is 5.24. The molecular formula is C12H14N2OS. The Morgan fingerprint density at radius 3 is 2.75 bits per heavy atom. The first-order chi connectivity index (χ1) is 7.83. The molecule has 0 aliphatic heterocycles. The van der Waals surface area contributed by atoms with Crippen LogP contribution in [0.5, 0.6) is 0 Å². The van der Waals surface area contributed by atoms with Crippen LogP contribution in [0.2, 0.25) is 0 Å². The lowest BCUT2D eigenvalue weighted by Gasteiger charge is -2.07. The van der Waals surface area contributed by atoms with E-state index in [1.807, 2.05) is 29.0 Å². The first-order valence-corrected chi connectivity index (χ1v) is 5.56. The Labute approximate surface area is 99.7 Å². The van der Waals surface area contributed by atoms with Crippen molar-refractivity contribution in [2.75, 3.05) is 13.7 Å². The van der Waals surface area contributed by atoms with Crippen LogP contribution in [0.4, 0.5) is 0 Å². The van der Waals surface area contributed by atoms with Crippen LogP contribution in [-0.2, 0) is 11.3 Å². The largest absolute Gasteiger partial charge is 0.383 e. The van der Waals surface area contributed by atoms with Crippen molar-refractivity contribution in [1.82, 2.24) is 9.55 Å². The van der Waals surface area contributed by atoms with E-state index in [-0.39, 0.29) is 0 Å². The van der Waals surface area contributed by atoms with Crippen molar-refractivity contribution < 1.29 is 4.74 Å². The number of aromatic nitrogens is 2. The van der Waals surface area contributed by atoms with Gasteiger partial charge in [0.15, 0.2) is 4.77 Å². The molecular weight excluding hydrogens is 220 g/mol. The lowest BCUT2D eigenvalue weighted by Crippen LogP contribution is -2.05. The van der Waals surface area contributed by atoms with Gasteiger partial charge in [0.05, 0.1) is 12.3 Å². The van der Waals surface area contributed by atoms with E-state index in [9.17, 15) is 0 Å². The summed E-state index contributed by atoms with van der Waals surface area (Å²) < 4.78 is 7.86. The number of hydrogen-bond acceptors (Lipinski definition) is 2. The Balaban J connectivity index is 2.38. The van der Waals surface area contributed by atoms with Crippen molar-refractivity contribution in [2.24, 2.45) is 0 Å². The molecule has 0 unspecified atom stereocenters. The van der Waals surface area contributed by atoms with Gasteiger partial charge in [-0.05, 0) is 17.8 Å². The minimum absolute atomic E-state index is 0.659. The maximum atomic E-state index is 5.24. The van der Waals surface area contributed by atoms with Crippen molar-refractivity contribution in [3.8, 4) is 11.3 Å². The molecule has 1 aromatic carbocycles. The van der Waals surface area contributed by atoms with Crippen LogP contribution in [0.25, 0.3) is 11.3 Å². The third kappa shape index (κ3) is 2.23. The zero-order chi connectivity index (χ0) is 11.4. The maximum absolute atomic E-state index is 5.24. The number of aromatic amines is 1. The van der Waals surface area contributed by atoms with Crippen molar-refractivity contribution in [1.29, 1.82) is 0 Å². The summed E-state index contributed by atoms with van der Waals surface area (Å²) in [4.78, 5) is 3.07. The van der Waals surface area contributed by atoms with Gasteiger partial charge >= 0.3 is 0 Å². The maximum Gasteiger partial charge on any atom is 0.177 e. The van der Waals surface area contributed by atoms with E-state index in [4.69, 9.17) is 17.0 Å². The SMILES string of the molecule is COCCn1c(-c2ccccc2)c[nH]c1=S. The van der Waals surface area contributed by atoms with Crippen LogP contribution in [0.1, 0.15) is 0 Å². The minimum atomic E-state index is 0.659. The zero-order valence-corrected chi connectivity index (χ0v) is 9.96. The lowest BCUT2D eigenvalue weighted by molar-refractivity contribution is 0.187. The average molecular weight is 234 g/mol. The Kier molecular flexibility index (Phi) is 3.54. The molecule has 0 saturated heterocycles. The Morgan fingerprint density at radius 1 is 1.31 bits per heavy atom. The summed E-state index contributed by atoms with van der Waals surface area (Å²) in [5.41, 5.74) is 2.26. The molecule has 0 aliphatic rings. The van der Waals surface area contributed by atoms with Gasteiger partial charge in [-0.3, -0.25) is 0 Å².